The van der Waals surface area contributed by atoms with Crippen molar-refractivity contribution in [2.45, 2.75) is 44.9 Å². The summed E-state index contributed by atoms with van der Waals surface area (Å²) in [6.45, 7) is 5.36. The van der Waals surface area contributed by atoms with E-state index in [1.807, 2.05) is 0 Å². The van der Waals surface area contributed by atoms with Crippen LogP contribution in [0.2, 0.25) is 0 Å². The standard InChI is InChI=1S/C14H19F3N2O/c1-9(18)13(2,3)19-12(20)8-10-4-6-11(7-5-10)14(15,16)17/h4-7,9H,8,18H2,1-3H3,(H,19,20). The number of halogens is 3. The average molecular weight is 288 g/mol. The minimum Gasteiger partial charge on any atom is -0.349 e. The molecule has 6 heteroatoms. The highest BCUT2D eigenvalue weighted by molar-refractivity contribution is 5.79. The Balaban J connectivity index is 2.68. The summed E-state index contributed by atoms with van der Waals surface area (Å²) in [5, 5.41) is 2.76. The molecule has 0 spiro atoms. The summed E-state index contributed by atoms with van der Waals surface area (Å²) in [4.78, 5) is 11.8. The summed E-state index contributed by atoms with van der Waals surface area (Å²) in [5.41, 5.74) is 4.97. The van der Waals surface area contributed by atoms with E-state index in [2.05, 4.69) is 5.32 Å². The van der Waals surface area contributed by atoms with Crippen molar-refractivity contribution in [2.75, 3.05) is 0 Å². The molecule has 0 saturated carbocycles. The minimum atomic E-state index is -4.36. The number of benzene rings is 1. The maximum atomic E-state index is 12.4. The molecule has 0 aliphatic heterocycles. The Kier molecular flexibility index (Phi) is 4.81. The summed E-state index contributed by atoms with van der Waals surface area (Å²) >= 11 is 0. The molecule has 1 aromatic carbocycles. The zero-order valence-corrected chi connectivity index (χ0v) is 11.7. The van der Waals surface area contributed by atoms with Gasteiger partial charge in [0.05, 0.1) is 12.0 Å². The van der Waals surface area contributed by atoms with E-state index in [9.17, 15) is 18.0 Å². The van der Waals surface area contributed by atoms with Crippen LogP contribution in [-0.2, 0) is 17.4 Å². The molecule has 0 aliphatic rings. The maximum absolute atomic E-state index is 12.4. The Labute approximate surface area is 116 Å². The van der Waals surface area contributed by atoms with E-state index >= 15 is 0 Å². The monoisotopic (exact) mass is 288 g/mol. The number of carbonyl (C=O) groups is 1. The molecule has 0 heterocycles. The third-order valence-corrected chi connectivity index (χ3v) is 3.25. The molecule has 3 nitrogen and oxygen atoms in total. The molecular formula is C14H19F3N2O. The van der Waals surface area contributed by atoms with Crippen LogP contribution in [0.5, 0.6) is 0 Å². The fourth-order valence-electron chi connectivity index (χ4n) is 1.51. The molecule has 0 bridgehead atoms. The van der Waals surface area contributed by atoms with Gasteiger partial charge in [0.25, 0.3) is 0 Å². The lowest BCUT2D eigenvalue weighted by Gasteiger charge is -2.30. The first-order chi connectivity index (χ1) is 9.02. The molecule has 0 aromatic heterocycles. The van der Waals surface area contributed by atoms with Crippen LogP contribution in [0.25, 0.3) is 0 Å². The molecule has 1 atom stereocenters. The molecular weight excluding hydrogens is 269 g/mol. The molecule has 1 amide bonds. The van der Waals surface area contributed by atoms with Crippen LogP contribution in [0.3, 0.4) is 0 Å². The van der Waals surface area contributed by atoms with Gasteiger partial charge in [0.15, 0.2) is 0 Å². The van der Waals surface area contributed by atoms with E-state index in [-0.39, 0.29) is 18.4 Å². The van der Waals surface area contributed by atoms with E-state index in [4.69, 9.17) is 5.73 Å². The first kappa shape index (κ1) is 16.5. The second-order valence-electron chi connectivity index (χ2n) is 5.43. The first-order valence-electron chi connectivity index (χ1n) is 6.25. The fourth-order valence-corrected chi connectivity index (χ4v) is 1.51. The predicted molar refractivity (Wildman–Crippen MR) is 71.0 cm³/mol. The molecule has 112 valence electrons. The van der Waals surface area contributed by atoms with Crippen molar-refractivity contribution < 1.29 is 18.0 Å². The van der Waals surface area contributed by atoms with Gasteiger partial charge in [0.1, 0.15) is 0 Å². The Morgan fingerprint density at radius 3 is 2.15 bits per heavy atom. The number of hydrogen-bond donors (Lipinski definition) is 2. The van der Waals surface area contributed by atoms with Gasteiger partial charge in [-0.3, -0.25) is 4.79 Å². The van der Waals surface area contributed by atoms with Gasteiger partial charge in [-0.05, 0) is 38.5 Å². The van der Waals surface area contributed by atoms with Gasteiger partial charge in [-0.1, -0.05) is 12.1 Å². The molecule has 1 unspecified atom stereocenters. The average Bonchev–Trinajstić information content (AvgIpc) is 2.27. The summed E-state index contributed by atoms with van der Waals surface area (Å²) < 4.78 is 37.2. The molecule has 1 aromatic rings. The summed E-state index contributed by atoms with van der Waals surface area (Å²) in [6, 6.07) is 4.32. The number of alkyl halides is 3. The largest absolute Gasteiger partial charge is 0.416 e. The topological polar surface area (TPSA) is 55.1 Å². The van der Waals surface area contributed by atoms with Gasteiger partial charge >= 0.3 is 6.18 Å². The summed E-state index contributed by atoms with van der Waals surface area (Å²) in [6.07, 6.45) is -4.34. The highest BCUT2D eigenvalue weighted by Gasteiger charge is 2.30. The highest BCUT2D eigenvalue weighted by atomic mass is 19.4. The molecule has 20 heavy (non-hydrogen) atoms. The summed E-state index contributed by atoms with van der Waals surface area (Å²) in [7, 11) is 0. The predicted octanol–water partition coefficient (Wildman–Crippen LogP) is 2.49. The SMILES string of the molecule is CC(N)C(C)(C)NC(=O)Cc1ccc(C(F)(F)F)cc1. The number of nitrogens with one attached hydrogen (secondary N) is 1. The van der Waals surface area contributed by atoms with Crippen LogP contribution in [-0.4, -0.2) is 17.5 Å². The second kappa shape index (κ2) is 5.83. The normalized spacial score (nSPS) is 13.9. The van der Waals surface area contributed by atoms with Crippen LogP contribution >= 0.6 is 0 Å². The van der Waals surface area contributed by atoms with Crippen molar-refractivity contribution in [3.63, 3.8) is 0 Å². The van der Waals surface area contributed by atoms with Gasteiger partial charge in [0, 0.05) is 11.6 Å². The van der Waals surface area contributed by atoms with Crippen LogP contribution < -0.4 is 11.1 Å². The van der Waals surface area contributed by atoms with Gasteiger partial charge in [-0.2, -0.15) is 13.2 Å². The van der Waals surface area contributed by atoms with Crippen molar-refractivity contribution in [1.82, 2.24) is 5.32 Å². The molecule has 0 fully saturated rings. The van der Waals surface area contributed by atoms with Crippen LogP contribution in [0.4, 0.5) is 13.2 Å². The van der Waals surface area contributed by atoms with Crippen molar-refractivity contribution in [2.24, 2.45) is 5.73 Å². The zero-order valence-electron chi connectivity index (χ0n) is 11.7. The lowest BCUT2D eigenvalue weighted by atomic mass is 9.96. The van der Waals surface area contributed by atoms with E-state index < -0.39 is 17.3 Å². The third-order valence-electron chi connectivity index (χ3n) is 3.25. The Hall–Kier alpha value is -1.56. The van der Waals surface area contributed by atoms with Gasteiger partial charge in [-0.25, -0.2) is 0 Å². The number of carbonyl (C=O) groups excluding carboxylic acids is 1. The number of rotatable bonds is 4. The molecule has 0 radical (unpaired) electrons. The second-order valence-corrected chi connectivity index (χ2v) is 5.43. The molecule has 0 aliphatic carbocycles. The van der Waals surface area contributed by atoms with Gasteiger partial charge in [0.2, 0.25) is 5.91 Å². The molecule has 1 rings (SSSR count). The van der Waals surface area contributed by atoms with Crippen LogP contribution in [0.15, 0.2) is 24.3 Å². The minimum absolute atomic E-state index is 0.0221. The number of nitrogens with two attached hydrogens (primary N) is 1. The lowest BCUT2D eigenvalue weighted by Crippen LogP contribution is -2.54. The number of amides is 1. The molecule has 0 saturated heterocycles. The molecule has 3 N–H and O–H groups in total. The van der Waals surface area contributed by atoms with Crippen LogP contribution in [0.1, 0.15) is 31.9 Å². The van der Waals surface area contributed by atoms with Gasteiger partial charge in [-0.15, -0.1) is 0 Å². The third kappa shape index (κ3) is 4.52. The van der Waals surface area contributed by atoms with Crippen LogP contribution in [0, 0.1) is 0 Å². The Bertz CT molecular complexity index is 464. The Morgan fingerprint density at radius 1 is 1.25 bits per heavy atom. The summed E-state index contributed by atoms with van der Waals surface area (Å²) in [5.74, 6) is -0.271. The van der Waals surface area contributed by atoms with E-state index in [0.717, 1.165) is 12.1 Å². The van der Waals surface area contributed by atoms with Crippen molar-refractivity contribution >= 4 is 5.91 Å². The zero-order chi connectivity index (χ0) is 15.6. The first-order valence-corrected chi connectivity index (χ1v) is 6.25. The quantitative estimate of drug-likeness (QED) is 0.894. The number of hydrogen-bond acceptors (Lipinski definition) is 2. The highest BCUT2D eigenvalue weighted by Crippen LogP contribution is 2.29. The van der Waals surface area contributed by atoms with Crippen molar-refractivity contribution in [1.29, 1.82) is 0 Å². The fraction of sp³-hybridized carbons (Fsp3) is 0.500. The van der Waals surface area contributed by atoms with Gasteiger partial charge < -0.3 is 11.1 Å². The smallest absolute Gasteiger partial charge is 0.349 e. The Morgan fingerprint density at radius 2 is 1.75 bits per heavy atom. The van der Waals surface area contributed by atoms with E-state index in [1.54, 1.807) is 20.8 Å². The maximum Gasteiger partial charge on any atom is 0.416 e. The van der Waals surface area contributed by atoms with Crippen molar-refractivity contribution in [3.8, 4) is 0 Å². The lowest BCUT2D eigenvalue weighted by molar-refractivity contribution is -0.137. The van der Waals surface area contributed by atoms with E-state index in [1.165, 1.54) is 12.1 Å². The van der Waals surface area contributed by atoms with Crippen molar-refractivity contribution in [3.05, 3.63) is 35.4 Å². The van der Waals surface area contributed by atoms with E-state index in [0.29, 0.717) is 5.56 Å².